The summed E-state index contributed by atoms with van der Waals surface area (Å²) in [5.74, 6) is 0.941. The van der Waals surface area contributed by atoms with E-state index in [-0.39, 0.29) is 11.7 Å². The summed E-state index contributed by atoms with van der Waals surface area (Å²) in [6.07, 6.45) is 3.31. The number of ether oxygens (including phenoxy) is 1. The van der Waals surface area contributed by atoms with E-state index < -0.39 is 5.97 Å². The number of carboxylic acids is 1. The van der Waals surface area contributed by atoms with Crippen LogP contribution in [0.3, 0.4) is 0 Å². The van der Waals surface area contributed by atoms with E-state index in [1.807, 2.05) is 6.07 Å². The molecule has 19 heavy (non-hydrogen) atoms. The molecule has 0 radical (unpaired) electrons. The molecule has 2 rings (SSSR count). The Bertz CT molecular complexity index is 472. The van der Waals surface area contributed by atoms with E-state index in [0.29, 0.717) is 11.7 Å². The molecule has 4 heteroatoms. The Morgan fingerprint density at radius 3 is 2.68 bits per heavy atom. The highest BCUT2D eigenvalue weighted by Crippen LogP contribution is 2.33. The van der Waals surface area contributed by atoms with Crippen LogP contribution in [0.5, 0.6) is 5.75 Å². The summed E-state index contributed by atoms with van der Waals surface area (Å²) in [5, 5.41) is 9.23. The molecule has 0 aliphatic heterocycles. The topological polar surface area (TPSA) is 46.5 Å². The third-order valence-electron chi connectivity index (χ3n) is 4.02. The Hall–Kier alpha value is -0.780. The highest BCUT2D eigenvalue weighted by molar-refractivity contribution is 14.1. The van der Waals surface area contributed by atoms with Crippen molar-refractivity contribution in [2.45, 2.75) is 39.2 Å². The van der Waals surface area contributed by atoms with Gasteiger partial charge in [-0.05, 0) is 71.9 Å². The molecule has 1 saturated carbocycles. The maximum Gasteiger partial charge on any atom is 0.339 e. The molecule has 3 atom stereocenters. The van der Waals surface area contributed by atoms with Gasteiger partial charge in [-0.3, -0.25) is 0 Å². The van der Waals surface area contributed by atoms with E-state index >= 15 is 0 Å². The third kappa shape index (κ3) is 3.61. The molecule has 0 heterocycles. The fraction of sp³-hybridized carbons (Fsp3) is 0.533. The molecular weight excluding hydrogens is 355 g/mol. The lowest BCUT2D eigenvalue weighted by Gasteiger charge is -2.32. The molecule has 1 aliphatic rings. The van der Waals surface area contributed by atoms with Gasteiger partial charge in [0, 0.05) is 3.57 Å². The van der Waals surface area contributed by atoms with Gasteiger partial charge < -0.3 is 9.84 Å². The van der Waals surface area contributed by atoms with Crippen LogP contribution in [-0.2, 0) is 0 Å². The summed E-state index contributed by atoms with van der Waals surface area (Å²) in [6, 6.07) is 5.32. The highest BCUT2D eigenvalue weighted by atomic mass is 127. The Labute approximate surface area is 127 Å². The Kier molecular flexibility index (Phi) is 4.71. The lowest BCUT2D eigenvalue weighted by atomic mass is 9.80. The van der Waals surface area contributed by atoms with E-state index in [4.69, 9.17) is 4.74 Å². The second-order valence-electron chi connectivity index (χ2n) is 5.45. The van der Waals surface area contributed by atoms with Crippen molar-refractivity contribution in [2.75, 3.05) is 0 Å². The van der Waals surface area contributed by atoms with Gasteiger partial charge in [-0.15, -0.1) is 0 Å². The summed E-state index contributed by atoms with van der Waals surface area (Å²) < 4.78 is 6.85. The van der Waals surface area contributed by atoms with Crippen LogP contribution in [0.1, 0.15) is 43.5 Å². The van der Waals surface area contributed by atoms with Gasteiger partial charge in [-0.25, -0.2) is 4.79 Å². The fourth-order valence-electron chi connectivity index (χ4n) is 2.56. The molecular formula is C15H19IO3. The van der Waals surface area contributed by atoms with Crippen molar-refractivity contribution in [3.63, 3.8) is 0 Å². The number of hydrogen-bond donors (Lipinski definition) is 1. The quantitative estimate of drug-likeness (QED) is 0.807. The first-order valence-electron chi connectivity index (χ1n) is 6.67. The van der Waals surface area contributed by atoms with E-state index in [0.717, 1.165) is 28.8 Å². The summed E-state index contributed by atoms with van der Waals surface area (Å²) in [6.45, 7) is 4.51. The highest BCUT2D eigenvalue weighted by Gasteiger charge is 2.26. The monoisotopic (exact) mass is 374 g/mol. The fourth-order valence-corrected chi connectivity index (χ4v) is 3.05. The summed E-state index contributed by atoms with van der Waals surface area (Å²) in [7, 11) is 0. The zero-order valence-corrected chi connectivity index (χ0v) is 13.4. The normalized spacial score (nSPS) is 27.0. The number of halogens is 1. The Morgan fingerprint density at radius 1 is 1.32 bits per heavy atom. The largest absolute Gasteiger partial charge is 0.490 e. The average Bonchev–Trinajstić information content (AvgIpc) is 2.36. The standard InChI is InChI=1S/C15H19IO3/c1-9-3-5-12(7-10(9)2)19-14-6-4-11(16)8-13(14)15(17)18/h4,6,8-10,12H,3,5,7H2,1-2H3,(H,17,18). The van der Waals surface area contributed by atoms with E-state index in [9.17, 15) is 9.90 Å². The lowest BCUT2D eigenvalue weighted by Crippen LogP contribution is -2.29. The number of hydrogen-bond acceptors (Lipinski definition) is 2. The number of carbonyl (C=O) groups is 1. The van der Waals surface area contributed by atoms with Crippen LogP contribution in [0.2, 0.25) is 0 Å². The maximum absolute atomic E-state index is 11.2. The number of carboxylic acid groups (broad SMARTS) is 1. The van der Waals surface area contributed by atoms with Crippen LogP contribution >= 0.6 is 22.6 Å². The Morgan fingerprint density at radius 2 is 2.05 bits per heavy atom. The van der Waals surface area contributed by atoms with Crippen LogP contribution in [0.4, 0.5) is 0 Å². The molecule has 1 aromatic rings. The molecule has 104 valence electrons. The van der Waals surface area contributed by atoms with Crippen molar-refractivity contribution >= 4 is 28.6 Å². The second-order valence-corrected chi connectivity index (χ2v) is 6.70. The molecule has 3 nitrogen and oxygen atoms in total. The van der Waals surface area contributed by atoms with Gasteiger partial charge in [-0.1, -0.05) is 13.8 Å². The summed E-state index contributed by atoms with van der Waals surface area (Å²) in [5.41, 5.74) is 0.262. The first-order chi connectivity index (χ1) is 8.97. The predicted octanol–water partition coefficient (Wildman–Crippen LogP) is 4.19. The van der Waals surface area contributed by atoms with Crippen LogP contribution < -0.4 is 4.74 Å². The van der Waals surface area contributed by atoms with Crippen molar-refractivity contribution < 1.29 is 14.6 Å². The van der Waals surface area contributed by atoms with Crippen LogP contribution in [0, 0.1) is 15.4 Å². The van der Waals surface area contributed by atoms with Crippen molar-refractivity contribution in [3.05, 3.63) is 27.3 Å². The molecule has 1 aromatic carbocycles. The van der Waals surface area contributed by atoms with Crippen LogP contribution in [0.25, 0.3) is 0 Å². The Balaban J connectivity index is 2.13. The van der Waals surface area contributed by atoms with Gasteiger partial charge in [0.25, 0.3) is 0 Å². The van der Waals surface area contributed by atoms with Gasteiger partial charge in [0.05, 0.1) is 6.10 Å². The molecule has 0 saturated heterocycles. The minimum Gasteiger partial charge on any atom is -0.490 e. The SMILES string of the molecule is CC1CCC(Oc2ccc(I)cc2C(=O)O)CC1C. The number of rotatable bonds is 3. The minimum absolute atomic E-state index is 0.143. The van der Waals surface area contributed by atoms with Gasteiger partial charge in [0.2, 0.25) is 0 Å². The molecule has 0 aromatic heterocycles. The maximum atomic E-state index is 11.2. The second kappa shape index (κ2) is 6.11. The number of aromatic carboxylic acids is 1. The van der Waals surface area contributed by atoms with Crippen molar-refractivity contribution in [3.8, 4) is 5.75 Å². The zero-order valence-electron chi connectivity index (χ0n) is 11.2. The van der Waals surface area contributed by atoms with Gasteiger partial charge in [0.1, 0.15) is 11.3 Å². The van der Waals surface area contributed by atoms with Crippen LogP contribution in [-0.4, -0.2) is 17.2 Å². The lowest BCUT2D eigenvalue weighted by molar-refractivity contribution is 0.0675. The molecule has 0 spiro atoms. The molecule has 0 amide bonds. The van der Waals surface area contributed by atoms with Gasteiger partial charge >= 0.3 is 5.97 Å². The van der Waals surface area contributed by atoms with Crippen molar-refractivity contribution in [1.82, 2.24) is 0 Å². The zero-order chi connectivity index (χ0) is 14.0. The average molecular weight is 374 g/mol. The summed E-state index contributed by atoms with van der Waals surface area (Å²) >= 11 is 2.11. The molecule has 1 N–H and O–H groups in total. The molecule has 1 fully saturated rings. The number of benzene rings is 1. The summed E-state index contributed by atoms with van der Waals surface area (Å²) in [4.78, 5) is 11.2. The minimum atomic E-state index is -0.925. The third-order valence-corrected chi connectivity index (χ3v) is 4.69. The van der Waals surface area contributed by atoms with E-state index in [1.54, 1.807) is 12.1 Å². The first kappa shape index (κ1) is 14.6. The molecule has 0 bridgehead atoms. The van der Waals surface area contributed by atoms with Crippen molar-refractivity contribution in [2.24, 2.45) is 11.8 Å². The van der Waals surface area contributed by atoms with E-state index in [2.05, 4.69) is 36.4 Å². The molecule has 3 unspecified atom stereocenters. The van der Waals surface area contributed by atoms with Gasteiger partial charge in [-0.2, -0.15) is 0 Å². The first-order valence-corrected chi connectivity index (χ1v) is 7.74. The smallest absolute Gasteiger partial charge is 0.339 e. The van der Waals surface area contributed by atoms with Crippen molar-refractivity contribution in [1.29, 1.82) is 0 Å². The molecule has 1 aliphatic carbocycles. The van der Waals surface area contributed by atoms with Crippen LogP contribution in [0.15, 0.2) is 18.2 Å². The van der Waals surface area contributed by atoms with Gasteiger partial charge in [0.15, 0.2) is 0 Å². The van der Waals surface area contributed by atoms with E-state index in [1.165, 1.54) is 0 Å². The predicted molar refractivity (Wildman–Crippen MR) is 82.7 cm³/mol.